The zero-order valence-electron chi connectivity index (χ0n) is 15.6. The molecule has 1 aliphatic rings. The van der Waals surface area contributed by atoms with Gasteiger partial charge in [0, 0.05) is 30.4 Å². The number of likely N-dealkylation sites (N-methyl/N-ethyl adjacent to an activating group) is 1. The Morgan fingerprint density at radius 1 is 1.15 bits per heavy atom. The minimum atomic E-state index is -3.76. The second-order valence-corrected chi connectivity index (χ2v) is 8.56. The molecular formula is C20H25N3O3S. The van der Waals surface area contributed by atoms with Crippen LogP contribution in [-0.2, 0) is 10.0 Å². The minimum absolute atomic E-state index is 0.0797. The number of piperidine rings is 1. The Bertz CT molecular complexity index is 910. The summed E-state index contributed by atoms with van der Waals surface area (Å²) >= 11 is 0. The van der Waals surface area contributed by atoms with E-state index in [1.165, 1.54) is 12.1 Å². The highest BCUT2D eigenvalue weighted by atomic mass is 32.2. The van der Waals surface area contributed by atoms with Crippen LogP contribution >= 0.6 is 0 Å². The summed E-state index contributed by atoms with van der Waals surface area (Å²) in [6.07, 6.45) is 1.97. The molecule has 0 saturated carbocycles. The number of nitrogens with one attached hydrogen (secondary N) is 2. The van der Waals surface area contributed by atoms with E-state index in [2.05, 4.69) is 10.0 Å². The standard InChI is InChI=1S/C20H25N3O3S/c1-15-8-10-17(11-9-15)22-27(25,26)19-7-3-5-16(13-19)20(24)23-12-4-6-18(14-23)21-2/h3,5,7-11,13,18,21-22H,4,6,12,14H2,1-2H3. The summed E-state index contributed by atoms with van der Waals surface area (Å²) in [7, 11) is -1.87. The Hall–Kier alpha value is -2.38. The number of rotatable bonds is 5. The highest BCUT2D eigenvalue weighted by molar-refractivity contribution is 7.92. The van der Waals surface area contributed by atoms with E-state index < -0.39 is 10.0 Å². The van der Waals surface area contributed by atoms with Crippen molar-refractivity contribution in [3.63, 3.8) is 0 Å². The minimum Gasteiger partial charge on any atom is -0.337 e. The first-order chi connectivity index (χ1) is 12.9. The Labute approximate surface area is 160 Å². The number of aryl methyl sites for hydroxylation is 1. The van der Waals surface area contributed by atoms with Gasteiger partial charge in [0.2, 0.25) is 0 Å². The van der Waals surface area contributed by atoms with Crippen LogP contribution in [0.4, 0.5) is 5.69 Å². The van der Waals surface area contributed by atoms with Crippen molar-refractivity contribution in [2.45, 2.75) is 30.7 Å². The Morgan fingerprint density at radius 3 is 2.59 bits per heavy atom. The maximum Gasteiger partial charge on any atom is 0.261 e. The predicted molar refractivity (Wildman–Crippen MR) is 106 cm³/mol. The van der Waals surface area contributed by atoms with Gasteiger partial charge in [-0.2, -0.15) is 0 Å². The summed E-state index contributed by atoms with van der Waals surface area (Å²) in [6, 6.07) is 13.6. The summed E-state index contributed by atoms with van der Waals surface area (Å²) in [5.74, 6) is -0.137. The van der Waals surface area contributed by atoms with Crippen LogP contribution in [0.3, 0.4) is 0 Å². The second kappa shape index (κ2) is 8.10. The van der Waals surface area contributed by atoms with Crippen molar-refractivity contribution in [1.82, 2.24) is 10.2 Å². The Kier molecular flexibility index (Phi) is 5.82. The van der Waals surface area contributed by atoms with E-state index in [4.69, 9.17) is 0 Å². The number of likely N-dealkylation sites (tertiary alicyclic amines) is 1. The van der Waals surface area contributed by atoms with Crippen molar-refractivity contribution in [1.29, 1.82) is 0 Å². The molecule has 1 heterocycles. The zero-order chi connectivity index (χ0) is 19.4. The zero-order valence-corrected chi connectivity index (χ0v) is 16.4. The van der Waals surface area contributed by atoms with E-state index in [-0.39, 0.29) is 16.8 Å². The fourth-order valence-electron chi connectivity index (χ4n) is 3.21. The molecule has 0 aromatic heterocycles. The highest BCUT2D eigenvalue weighted by Crippen LogP contribution is 2.20. The fourth-order valence-corrected chi connectivity index (χ4v) is 4.32. The SMILES string of the molecule is CNC1CCCN(C(=O)c2cccc(S(=O)(=O)Nc3ccc(C)cc3)c2)C1. The second-order valence-electron chi connectivity index (χ2n) is 6.88. The van der Waals surface area contributed by atoms with Gasteiger partial charge in [0.25, 0.3) is 15.9 Å². The van der Waals surface area contributed by atoms with Gasteiger partial charge in [-0.25, -0.2) is 8.42 Å². The van der Waals surface area contributed by atoms with Crippen molar-refractivity contribution in [2.75, 3.05) is 24.9 Å². The molecule has 1 atom stereocenters. The molecule has 1 fully saturated rings. The lowest BCUT2D eigenvalue weighted by atomic mass is 10.0. The van der Waals surface area contributed by atoms with Crippen molar-refractivity contribution in [3.05, 3.63) is 59.7 Å². The Balaban J connectivity index is 1.79. The molecular weight excluding hydrogens is 362 g/mol. The molecule has 1 amide bonds. The molecule has 0 bridgehead atoms. The molecule has 1 unspecified atom stereocenters. The highest BCUT2D eigenvalue weighted by Gasteiger charge is 2.24. The lowest BCUT2D eigenvalue weighted by molar-refractivity contribution is 0.0698. The number of nitrogens with zero attached hydrogens (tertiary/aromatic N) is 1. The van der Waals surface area contributed by atoms with Crippen LogP contribution < -0.4 is 10.0 Å². The van der Waals surface area contributed by atoms with Gasteiger partial charge in [-0.1, -0.05) is 23.8 Å². The van der Waals surface area contributed by atoms with Gasteiger partial charge in [-0.3, -0.25) is 9.52 Å². The predicted octanol–water partition coefficient (Wildman–Crippen LogP) is 2.62. The maximum absolute atomic E-state index is 12.8. The molecule has 2 aromatic carbocycles. The number of benzene rings is 2. The summed E-state index contributed by atoms with van der Waals surface area (Å²) in [4.78, 5) is 14.7. The van der Waals surface area contributed by atoms with E-state index >= 15 is 0 Å². The Morgan fingerprint density at radius 2 is 1.89 bits per heavy atom. The first kappa shape index (κ1) is 19.4. The van der Waals surface area contributed by atoms with Gasteiger partial charge in [0.1, 0.15) is 0 Å². The van der Waals surface area contributed by atoms with Crippen LogP contribution in [0.5, 0.6) is 0 Å². The molecule has 6 nitrogen and oxygen atoms in total. The van der Waals surface area contributed by atoms with Crippen LogP contribution in [-0.4, -0.2) is 45.4 Å². The van der Waals surface area contributed by atoms with E-state index in [1.807, 2.05) is 26.1 Å². The lowest BCUT2D eigenvalue weighted by Gasteiger charge is -2.32. The third-order valence-electron chi connectivity index (χ3n) is 4.81. The third-order valence-corrected chi connectivity index (χ3v) is 6.19. The van der Waals surface area contributed by atoms with Crippen LogP contribution in [0.2, 0.25) is 0 Å². The monoisotopic (exact) mass is 387 g/mol. The van der Waals surface area contributed by atoms with E-state index in [1.54, 1.807) is 29.2 Å². The molecule has 2 N–H and O–H groups in total. The summed E-state index contributed by atoms with van der Waals surface area (Å²) in [6.45, 7) is 3.26. The normalized spacial score (nSPS) is 17.6. The topological polar surface area (TPSA) is 78.5 Å². The number of hydrogen-bond acceptors (Lipinski definition) is 4. The number of carbonyl (C=O) groups excluding carboxylic acids is 1. The summed E-state index contributed by atoms with van der Waals surface area (Å²) in [5.41, 5.74) is 1.93. The van der Waals surface area contributed by atoms with Crippen LogP contribution in [0.15, 0.2) is 53.4 Å². The molecule has 0 radical (unpaired) electrons. The van der Waals surface area contributed by atoms with Gasteiger partial charge in [-0.15, -0.1) is 0 Å². The van der Waals surface area contributed by atoms with Gasteiger partial charge in [0.05, 0.1) is 4.90 Å². The average molecular weight is 388 g/mol. The molecule has 3 rings (SSSR count). The average Bonchev–Trinajstić information content (AvgIpc) is 2.69. The number of carbonyl (C=O) groups is 1. The van der Waals surface area contributed by atoms with Gasteiger partial charge in [0.15, 0.2) is 0 Å². The largest absolute Gasteiger partial charge is 0.337 e. The van der Waals surface area contributed by atoms with E-state index in [9.17, 15) is 13.2 Å². The number of hydrogen-bond donors (Lipinski definition) is 2. The lowest BCUT2D eigenvalue weighted by Crippen LogP contribution is -2.47. The number of anilines is 1. The van der Waals surface area contributed by atoms with Gasteiger partial charge in [-0.05, 0) is 57.1 Å². The van der Waals surface area contributed by atoms with Crippen LogP contribution in [0, 0.1) is 6.92 Å². The molecule has 7 heteroatoms. The molecule has 1 aliphatic heterocycles. The van der Waals surface area contributed by atoms with Crippen molar-refractivity contribution in [2.24, 2.45) is 0 Å². The van der Waals surface area contributed by atoms with Crippen LogP contribution in [0.25, 0.3) is 0 Å². The van der Waals surface area contributed by atoms with Crippen LogP contribution in [0.1, 0.15) is 28.8 Å². The first-order valence-electron chi connectivity index (χ1n) is 9.05. The molecule has 27 heavy (non-hydrogen) atoms. The van der Waals surface area contributed by atoms with E-state index in [0.717, 1.165) is 18.4 Å². The first-order valence-corrected chi connectivity index (χ1v) is 10.5. The van der Waals surface area contributed by atoms with E-state index in [0.29, 0.717) is 24.3 Å². The molecule has 0 aliphatic carbocycles. The van der Waals surface area contributed by atoms with Crippen molar-refractivity contribution < 1.29 is 13.2 Å². The summed E-state index contributed by atoms with van der Waals surface area (Å²) < 4.78 is 27.9. The summed E-state index contributed by atoms with van der Waals surface area (Å²) in [5, 5.41) is 3.21. The maximum atomic E-state index is 12.8. The smallest absolute Gasteiger partial charge is 0.261 e. The number of sulfonamides is 1. The fraction of sp³-hybridized carbons (Fsp3) is 0.350. The van der Waals surface area contributed by atoms with Crippen molar-refractivity contribution in [3.8, 4) is 0 Å². The van der Waals surface area contributed by atoms with Gasteiger partial charge < -0.3 is 10.2 Å². The van der Waals surface area contributed by atoms with Crippen molar-refractivity contribution >= 4 is 21.6 Å². The van der Waals surface area contributed by atoms with Gasteiger partial charge >= 0.3 is 0 Å². The quantitative estimate of drug-likeness (QED) is 0.827. The molecule has 1 saturated heterocycles. The molecule has 2 aromatic rings. The molecule has 144 valence electrons. The number of amides is 1. The third kappa shape index (κ3) is 4.67. The molecule has 0 spiro atoms.